The summed E-state index contributed by atoms with van der Waals surface area (Å²) in [5.41, 5.74) is -0.185. The third-order valence-electron chi connectivity index (χ3n) is 2.63. The molecule has 0 bridgehead atoms. The second-order valence-electron chi connectivity index (χ2n) is 4.28. The number of hydrogen-bond donors (Lipinski definition) is 2. The summed E-state index contributed by atoms with van der Waals surface area (Å²) >= 11 is 6.59. The predicted octanol–water partition coefficient (Wildman–Crippen LogP) is 3.39. The Morgan fingerprint density at radius 2 is 2.00 bits per heavy atom. The largest absolute Gasteiger partial charge is 0.388 e. The fourth-order valence-corrected chi connectivity index (χ4v) is 3.61. The van der Waals surface area contributed by atoms with Crippen LogP contribution in [0, 0.1) is 10.7 Å². The Kier molecular flexibility index (Phi) is 6.59. The maximum absolute atomic E-state index is 12.1. The lowest BCUT2D eigenvalue weighted by Crippen LogP contribution is -2.40. The average Bonchev–Trinajstić information content (AvgIpc) is 2.31. The van der Waals surface area contributed by atoms with Crippen molar-refractivity contribution in [2.75, 3.05) is 6.54 Å². The van der Waals surface area contributed by atoms with Crippen molar-refractivity contribution in [1.82, 2.24) is 5.32 Å². The molecule has 0 aliphatic rings. The molecule has 18 heavy (non-hydrogen) atoms. The van der Waals surface area contributed by atoms with Gasteiger partial charge in [-0.15, -0.1) is 0 Å². The Labute approximate surface area is 148 Å². The highest BCUT2D eigenvalue weighted by molar-refractivity contribution is 14.1. The zero-order valence-corrected chi connectivity index (χ0v) is 16.5. The molecule has 6 heteroatoms. The summed E-state index contributed by atoms with van der Waals surface area (Å²) in [6, 6.07) is 3.89. The molecule has 0 aliphatic heterocycles. The number of halogens is 3. The van der Waals surface area contributed by atoms with Gasteiger partial charge in [-0.3, -0.25) is 4.79 Å². The van der Waals surface area contributed by atoms with E-state index in [0.29, 0.717) is 12.0 Å². The molecule has 0 radical (unpaired) electrons. The van der Waals surface area contributed by atoms with E-state index in [4.69, 9.17) is 0 Å². The van der Waals surface area contributed by atoms with E-state index in [9.17, 15) is 9.90 Å². The molecular formula is C12H14I3NO2. The van der Waals surface area contributed by atoms with Gasteiger partial charge >= 0.3 is 0 Å². The minimum absolute atomic E-state index is 0.135. The van der Waals surface area contributed by atoms with Gasteiger partial charge in [-0.25, -0.2) is 0 Å². The molecule has 100 valence electrons. The first kappa shape index (κ1) is 16.9. The maximum Gasteiger partial charge on any atom is 0.252 e. The normalized spacial score (nSPS) is 14.1. The first-order chi connectivity index (χ1) is 8.26. The van der Waals surface area contributed by atoms with Gasteiger partial charge in [-0.2, -0.15) is 0 Å². The second-order valence-corrected chi connectivity index (χ2v) is 7.77. The minimum Gasteiger partial charge on any atom is -0.388 e. The number of amides is 1. The van der Waals surface area contributed by atoms with E-state index in [-0.39, 0.29) is 12.5 Å². The van der Waals surface area contributed by atoms with E-state index < -0.39 is 5.60 Å². The molecule has 1 aromatic carbocycles. The van der Waals surface area contributed by atoms with E-state index in [2.05, 4.69) is 73.1 Å². The number of carbonyl (C=O) groups excluding carboxylic acids is 1. The molecule has 2 N–H and O–H groups in total. The number of hydrogen-bond acceptors (Lipinski definition) is 2. The Bertz CT molecular complexity index is 461. The van der Waals surface area contributed by atoms with Gasteiger partial charge in [0.25, 0.3) is 5.91 Å². The van der Waals surface area contributed by atoms with Crippen LogP contribution < -0.4 is 5.32 Å². The van der Waals surface area contributed by atoms with Crippen molar-refractivity contribution in [1.29, 1.82) is 0 Å². The number of carbonyl (C=O) groups is 1. The summed E-state index contributed by atoms with van der Waals surface area (Å²) in [7, 11) is 0. The minimum atomic E-state index is -0.851. The van der Waals surface area contributed by atoms with Crippen LogP contribution in [0.3, 0.4) is 0 Å². The van der Waals surface area contributed by atoms with Crippen molar-refractivity contribution in [3.63, 3.8) is 0 Å². The van der Waals surface area contributed by atoms with E-state index in [1.54, 1.807) is 6.92 Å². The van der Waals surface area contributed by atoms with Crippen LogP contribution >= 0.6 is 67.8 Å². The van der Waals surface area contributed by atoms with Crippen LogP contribution in [0.4, 0.5) is 0 Å². The molecule has 3 nitrogen and oxygen atoms in total. The van der Waals surface area contributed by atoms with E-state index in [1.807, 2.05) is 19.1 Å². The van der Waals surface area contributed by atoms with Gasteiger partial charge in [0.15, 0.2) is 0 Å². The molecule has 0 aliphatic carbocycles. The molecule has 0 heterocycles. The third-order valence-corrected chi connectivity index (χ3v) is 6.30. The van der Waals surface area contributed by atoms with Gasteiger partial charge in [-0.1, -0.05) is 6.92 Å². The molecule has 0 fully saturated rings. The van der Waals surface area contributed by atoms with Crippen LogP contribution in [-0.2, 0) is 0 Å². The van der Waals surface area contributed by atoms with Gasteiger partial charge in [0, 0.05) is 17.3 Å². The predicted molar refractivity (Wildman–Crippen MR) is 97.8 cm³/mol. The number of benzene rings is 1. The fraction of sp³-hybridized carbons (Fsp3) is 0.417. The molecule has 0 spiro atoms. The molecule has 1 atom stereocenters. The van der Waals surface area contributed by atoms with Crippen molar-refractivity contribution < 1.29 is 9.90 Å². The van der Waals surface area contributed by atoms with Crippen molar-refractivity contribution in [3.05, 3.63) is 28.4 Å². The summed E-state index contributed by atoms with van der Waals surface area (Å²) in [4.78, 5) is 12.1. The third kappa shape index (κ3) is 4.75. The van der Waals surface area contributed by atoms with E-state index in [1.165, 1.54) is 0 Å². The first-order valence-electron chi connectivity index (χ1n) is 5.42. The van der Waals surface area contributed by atoms with Crippen LogP contribution in [0.25, 0.3) is 0 Å². The van der Waals surface area contributed by atoms with Gasteiger partial charge in [-0.05, 0) is 93.2 Å². The molecule has 0 saturated heterocycles. The van der Waals surface area contributed by atoms with Crippen LogP contribution in [0.1, 0.15) is 30.6 Å². The van der Waals surface area contributed by atoms with Crippen LogP contribution in [0.2, 0.25) is 0 Å². The van der Waals surface area contributed by atoms with Crippen molar-refractivity contribution in [2.45, 2.75) is 25.9 Å². The molecule has 1 unspecified atom stereocenters. The Hall–Kier alpha value is 0.840. The summed E-state index contributed by atoms with van der Waals surface area (Å²) in [5, 5.41) is 12.7. The highest BCUT2D eigenvalue weighted by Gasteiger charge is 2.20. The standard InChI is InChI=1S/C12H14I3NO2/c1-3-12(2,18)6-16-11(17)8-4-7(13)5-9(14)10(8)15/h4-5,18H,3,6H2,1-2H3,(H,16,17). The van der Waals surface area contributed by atoms with Crippen molar-refractivity contribution >= 4 is 73.7 Å². The molecule has 1 rings (SSSR count). The molecule has 0 aromatic heterocycles. The quantitative estimate of drug-likeness (QED) is 0.421. The van der Waals surface area contributed by atoms with Crippen LogP contribution in [0.15, 0.2) is 12.1 Å². The summed E-state index contributed by atoms with van der Waals surface area (Å²) < 4.78 is 3.04. The van der Waals surface area contributed by atoms with Crippen LogP contribution in [-0.4, -0.2) is 23.2 Å². The van der Waals surface area contributed by atoms with Gasteiger partial charge in [0.2, 0.25) is 0 Å². The fourth-order valence-electron chi connectivity index (χ4n) is 1.21. The molecule has 0 saturated carbocycles. The van der Waals surface area contributed by atoms with E-state index >= 15 is 0 Å². The Morgan fingerprint density at radius 3 is 2.56 bits per heavy atom. The zero-order valence-electron chi connectivity index (χ0n) is 10.1. The Balaban J connectivity index is 2.85. The SMILES string of the molecule is CCC(C)(O)CNC(=O)c1cc(I)cc(I)c1I. The molecular weight excluding hydrogens is 571 g/mol. The number of aliphatic hydroxyl groups is 1. The van der Waals surface area contributed by atoms with Crippen LogP contribution in [0.5, 0.6) is 0 Å². The van der Waals surface area contributed by atoms with Crippen molar-refractivity contribution in [2.24, 2.45) is 0 Å². The lowest BCUT2D eigenvalue weighted by molar-refractivity contribution is 0.0518. The lowest BCUT2D eigenvalue weighted by atomic mass is 10.0. The molecule has 1 amide bonds. The van der Waals surface area contributed by atoms with Gasteiger partial charge in [0.1, 0.15) is 0 Å². The topological polar surface area (TPSA) is 49.3 Å². The Morgan fingerprint density at radius 1 is 1.39 bits per heavy atom. The average molecular weight is 585 g/mol. The highest BCUT2D eigenvalue weighted by Crippen LogP contribution is 2.22. The highest BCUT2D eigenvalue weighted by atomic mass is 127. The second kappa shape index (κ2) is 7.02. The number of nitrogens with one attached hydrogen (secondary N) is 1. The van der Waals surface area contributed by atoms with Gasteiger partial charge in [0.05, 0.1) is 11.2 Å². The summed E-state index contributed by atoms with van der Waals surface area (Å²) in [6.07, 6.45) is 0.605. The maximum atomic E-state index is 12.1. The zero-order chi connectivity index (χ0) is 13.9. The lowest BCUT2D eigenvalue weighted by Gasteiger charge is -2.21. The first-order valence-corrected chi connectivity index (χ1v) is 8.65. The number of rotatable bonds is 4. The van der Waals surface area contributed by atoms with E-state index in [0.717, 1.165) is 10.7 Å². The van der Waals surface area contributed by atoms with Crippen molar-refractivity contribution in [3.8, 4) is 0 Å². The van der Waals surface area contributed by atoms with Gasteiger partial charge < -0.3 is 10.4 Å². The smallest absolute Gasteiger partial charge is 0.252 e. The summed E-state index contributed by atoms with van der Waals surface area (Å²) in [5.74, 6) is -0.135. The summed E-state index contributed by atoms with van der Waals surface area (Å²) in [6.45, 7) is 3.88. The monoisotopic (exact) mass is 585 g/mol. The molecule has 1 aromatic rings.